The van der Waals surface area contributed by atoms with Crippen LogP contribution in [0, 0.1) is 23.6 Å². The molecular formula is C25H26FN3O2. The Hall–Kier alpha value is -2.89. The molecule has 2 saturated carbocycles. The predicted molar refractivity (Wildman–Crippen MR) is 116 cm³/mol. The molecule has 0 aliphatic heterocycles. The molecular weight excluding hydrogens is 393 g/mol. The van der Waals surface area contributed by atoms with Gasteiger partial charge in [0.05, 0.1) is 25.0 Å². The molecule has 6 heteroatoms. The Morgan fingerprint density at radius 3 is 2.74 bits per heavy atom. The maximum absolute atomic E-state index is 13.9. The molecule has 2 fully saturated rings. The Labute approximate surface area is 180 Å². The number of benzene rings is 1. The Bertz CT molecular complexity index is 1340. The quantitative estimate of drug-likeness (QED) is 0.633. The Morgan fingerprint density at radius 1 is 1.26 bits per heavy atom. The van der Waals surface area contributed by atoms with E-state index in [9.17, 15) is 9.18 Å². The van der Waals surface area contributed by atoms with E-state index in [1.165, 1.54) is 12.1 Å². The van der Waals surface area contributed by atoms with Crippen LogP contribution in [0.3, 0.4) is 0 Å². The predicted octanol–water partition coefficient (Wildman–Crippen LogP) is 4.32. The number of aromatic nitrogens is 3. The molecule has 0 bridgehead atoms. The molecule has 2 unspecified atom stereocenters. The number of hydrogen-bond donors (Lipinski definition) is 0. The van der Waals surface area contributed by atoms with Gasteiger partial charge in [-0.3, -0.25) is 9.48 Å². The first-order valence-corrected chi connectivity index (χ1v) is 10.8. The van der Waals surface area contributed by atoms with Crippen LogP contribution in [-0.2, 0) is 12.0 Å². The highest BCUT2D eigenvalue weighted by Gasteiger charge is 2.95. The van der Waals surface area contributed by atoms with Crippen molar-refractivity contribution < 1.29 is 9.13 Å². The molecule has 2 heterocycles. The van der Waals surface area contributed by atoms with Crippen LogP contribution in [0.25, 0.3) is 5.69 Å². The van der Waals surface area contributed by atoms with Gasteiger partial charge in [-0.2, -0.15) is 0 Å². The average Bonchev–Trinajstić information content (AvgIpc) is 3.48. The highest BCUT2D eigenvalue weighted by atomic mass is 19.1. The van der Waals surface area contributed by atoms with Crippen molar-refractivity contribution in [3.8, 4) is 11.6 Å². The molecule has 1 spiro atoms. The number of nitrogens with zero attached hydrogens (tertiary/aromatic N) is 3. The summed E-state index contributed by atoms with van der Waals surface area (Å²) in [6, 6.07) is 8.48. The van der Waals surface area contributed by atoms with E-state index >= 15 is 0 Å². The molecule has 31 heavy (non-hydrogen) atoms. The lowest BCUT2D eigenvalue weighted by atomic mass is 9.91. The highest BCUT2D eigenvalue weighted by Crippen LogP contribution is 2.97. The van der Waals surface area contributed by atoms with Gasteiger partial charge in [0.1, 0.15) is 5.82 Å². The molecule has 5 nitrogen and oxygen atoms in total. The number of ether oxygens (including phenoxy) is 1. The minimum Gasteiger partial charge on any atom is -0.481 e. The molecule has 3 aliphatic carbocycles. The van der Waals surface area contributed by atoms with Gasteiger partial charge in [0.2, 0.25) is 5.88 Å². The van der Waals surface area contributed by atoms with E-state index in [0.717, 1.165) is 34.5 Å². The van der Waals surface area contributed by atoms with E-state index < -0.39 is 0 Å². The van der Waals surface area contributed by atoms with Crippen molar-refractivity contribution in [2.24, 2.45) is 10.8 Å². The van der Waals surface area contributed by atoms with Crippen LogP contribution >= 0.6 is 0 Å². The molecule has 160 valence electrons. The van der Waals surface area contributed by atoms with Gasteiger partial charge in [0.25, 0.3) is 5.56 Å². The maximum Gasteiger partial charge on any atom is 0.275 e. The molecule has 1 aromatic carbocycles. The summed E-state index contributed by atoms with van der Waals surface area (Å²) in [6.07, 6.45) is 2.79. The molecule has 6 rings (SSSR count). The van der Waals surface area contributed by atoms with E-state index in [1.807, 2.05) is 19.1 Å². The van der Waals surface area contributed by atoms with Crippen molar-refractivity contribution in [2.75, 3.05) is 7.11 Å². The minimum absolute atomic E-state index is 0.0265. The first kappa shape index (κ1) is 18.8. The maximum atomic E-state index is 13.9. The Morgan fingerprint density at radius 2 is 2.03 bits per heavy atom. The molecule has 0 radical (unpaired) electrons. The first-order chi connectivity index (χ1) is 14.7. The number of methoxy groups -OCH3 is 1. The van der Waals surface area contributed by atoms with E-state index in [0.29, 0.717) is 18.3 Å². The van der Waals surface area contributed by atoms with Crippen LogP contribution in [0.15, 0.2) is 41.3 Å². The standard InChI is InChI=1S/C25H26FN3O2/c1-14-11-16(26)8-9-18(14)29-22(30)19-17-12-25(17)23(2,3)24(25,4)20(19)28(29)13-15-7-6-10-27-21(15)31-5/h6-11,17H,12-13H2,1-5H3/t17?,24-,25?/m1/s1. The smallest absolute Gasteiger partial charge is 0.275 e. The lowest BCUT2D eigenvalue weighted by molar-refractivity contribution is 0.386. The van der Waals surface area contributed by atoms with Crippen LogP contribution in [-0.4, -0.2) is 21.5 Å². The number of rotatable bonds is 4. The van der Waals surface area contributed by atoms with E-state index in [1.54, 1.807) is 24.1 Å². The lowest BCUT2D eigenvalue weighted by Gasteiger charge is -2.22. The fourth-order valence-electron chi connectivity index (χ4n) is 7.14. The lowest BCUT2D eigenvalue weighted by Crippen LogP contribution is -2.26. The number of fused-ring (bicyclic) bond motifs is 3. The summed E-state index contributed by atoms with van der Waals surface area (Å²) in [4.78, 5) is 18.2. The molecule has 0 saturated heterocycles. The second-order valence-corrected chi connectivity index (χ2v) is 10.0. The zero-order valence-corrected chi connectivity index (χ0v) is 18.5. The summed E-state index contributed by atoms with van der Waals surface area (Å²) in [6.45, 7) is 9.29. The van der Waals surface area contributed by atoms with Crippen molar-refractivity contribution >= 4 is 0 Å². The zero-order chi connectivity index (χ0) is 21.9. The van der Waals surface area contributed by atoms with E-state index in [4.69, 9.17) is 4.74 Å². The van der Waals surface area contributed by atoms with Gasteiger partial charge in [-0.1, -0.05) is 26.8 Å². The van der Waals surface area contributed by atoms with Gasteiger partial charge in [0, 0.05) is 22.7 Å². The van der Waals surface area contributed by atoms with Crippen molar-refractivity contribution in [3.63, 3.8) is 0 Å². The third kappa shape index (κ3) is 1.89. The molecule has 3 aliphatic rings. The zero-order valence-electron chi connectivity index (χ0n) is 18.5. The van der Waals surface area contributed by atoms with Crippen LogP contribution in [0.1, 0.15) is 55.5 Å². The summed E-state index contributed by atoms with van der Waals surface area (Å²) in [7, 11) is 1.61. The fraction of sp³-hybridized carbons (Fsp3) is 0.440. The van der Waals surface area contributed by atoms with Crippen LogP contribution in [0.2, 0.25) is 0 Å². The van der Waals surface area contributed by atoms with Crippen molar-refractivity contribution in [2.45, 2.75) is 52.0 Å². The second kappa shape index (κ2) is 5.47. The highest BCUT2D eigenvalue weighted by molar-refractivity contribution is 5.64. The second-order valence-electron chi connectivity index (χ2n) is 10.0. The largest absolute Gasteiger partial charge is 0.481 e. The molecule has 2 aromatic heterocycles. The van der Waals surface area contributed by atoms with Crippen LogP contribution in [0.4, 0.5) is 4.39 Å². The summed E-state index contributed by atoms with van der Waals surface area (Å²) >= 11 is 0. The Balaban J connectivity index is 1.64. The van der Waals surface area contributed by atoms with Gasteiger partial charge in [0.15, 0.2) is 0 Å². The summed E-state index contributed by atoms with van der Waals surface area (Å²) < 4.78 is 23.2. The summed E-state index contributed by atoms with van der Waals surface area (Å²) in [5, 5.41) is 0. The van der Waals surface area contributed by atoms with Gasteiger partial charge in [-0.15, -0.1) is 0 Å². The topological polar surface area (TPSA) is 49.1 Å². The molecule has 3 aromatic rings. The average molecular weight is 420 g/mol. The van der Waals surface area contributed by atoms with Gasteiger partial charge < -0.3 is 4.74 Å². The third-order valence-corrected chi connectivity index (χ3v) is 8.91. The van der Waals surface area contributed by atoms with Crippen molar-refractivity contribution in [3.05, 3.63) is 75.1 Å². The fourth-order valence-corrected chi connectivity index (χ4v) is 7.14. The number of aryl methyl sites for hydroxylation is 1. The SMILES string of the molecule is COc1ncccc1Cn1c2c(c(=O)n1-c1ccc(F)cc1C)C1CC13C(C)(C)[C@@]23C. The van der Waals surface area contributed by atoms with Crippen molar-refractivity contribution in [1.29, 1.82) is 0 Å². The van der Waals surface area contributed by atoms with E-state index in [2.05, 4.69) is 30.4 Å². The van der Waals surface area contributed by atoms with Gasteiger partial charge >= 0.3 is 0 Å². The first-order valence-electron chi connectivity index (χ1n) is 10.8. The summed E-state index contributed by atoms with van der Waals surface area (Å²) in [5.41, 5.74) is 4.79. The minimum atomic E-state index is -0.301. The molecule has 0 N–H and O–H groups in total. The molecule has 0 amide bonds. The van der Waals surface area contributed by atoms with Crippen LogP contribution in [0.5, 0.6) is 5.88 Å². The van der Waals surface area contributed by atoms with Gasteiger partial charge in [-0.25, -0.2) is 14.1 Å². The normalized spacial score (nSPS) is 28.6. The Kier molecular flexibility index (Phi) is 3.33. The third-order valence-electron chi connectivity index (χ3n) is 8.91. The van der Waals surface area contributed by atoms with Crippen molar-refractivity contribution in [1.82, 2.24) is 14.3 Å². The summed E-state index contributed by atoms with van der Waals surface area (Å²) in [5.74, 6) is 0.572. The van der Waals surface area contributed by atoms with E-state index in [-0.39, 0.29) is 27.6 Å². The van der Waals surface area contributed by atoms with Crippen LogP contribution < -0.4 is 10.3 Å². The monoisotopic (exact) mass is 419 g/mol. The number of halogens is 1. The molecule has 3 atom stereocenters. The number of pyridine rings is 1. The van der Waals surface area contributed by atoms with Gasteiger partial charge in [-0.05, 0) is 59.9 Å². The number of hydrogen-bond acceptors (Lipinski definition) is 3.